The molecule has 0 fully saturated rings. The number of aliphatic imine (C=N–C) groups is 1. The van der Waals surface area contributed by atoms with Crippen LogP contribution in [0.15, 0.2) is 23.2 Å². The molecule has 0 saturated heterocycles. The van der Waals surface area contributed by atoms with Crippen molar-refractivity contribution in [1.82, 2.24) is 9.59 Å². The molecule has 0 amide bonds. The zero-order valence-electron chi connectivity index (χ0n) is 12.5. The lowest BCUT2D eigenvalue weighted by molar-refractivity contribution is 0.687. The molecule has 0 spiro atoms. The number of nitrogens with two attached hydrogens (primary N) is 1. The SMILES string of the molecule is Cc1nnsc1CN=C(N)Nc1cccc2c1CCCC2.I. The zero-order chi connectivity index (χ0) is 14.7. The number of nitrogens with one attached hydrogen (secondary N) is 1. The standard InChI is InChI=1S/C15H19N5S.HI/c1-10-14(21-20-19-10)9-17-15(16)18-13-8-4-6-11-5-2-3-7-12(11)13;/h4,6,8H,2-3,5,7,9H2,1H3,(H3,16,17,18);1H. The summed E-state index contributed by atoms with van der Waals surface area (Å²) in [6.07, 6.45) is 4.80. The number of rotatable bonds is 3. The van der Waals surface area contributed by atoms with Gasteiger partial charge in [-0.25, -0.2) is 4.99 Å². The Morgan fingerprint density at radius 3 is 2.95 bits per heavy atom. The zero-order valence-corrected chi connectivity index (χ0v) is 15.6. The van der Waals surface area contributed by atoms with Crippen LogP contribution < -0.4 is 11.1 Å². The summed E-state index contributed by atoms with van der Waals surface area (Å²) in [4.78, 5) is 5.44. The summed E-state index contributed by atoms with van der Waals surface area (Å²) in [7, 11) is 0. The molecule has 7 heteroatoms. The molecule has 0 unspecified atom stereocenters. The number of guanidine groups is 1. The van der Waals surface area contributed by atoms with Crippen LogP contribution in [-0.4, -0.2) is 15.5 Å². The van der Waals surface area contributed by atoms with Crippen LogP contribution in [0.2, 0.25) is 0 Å². The Morgan fingerprint density at radius 2 is 2.18 bits per heavy atom. The van der Waals surface area contributed by atoms with Crippen molar-refractivity contribution < 1.29 is 0 Å². The molecule has 1 aliphatic rings. The molecule has 22 heavy (non-hydrogen) atoms. The Balaban J connectivity index is 0.00000176. The summed E-state index contributed by atoms with van der Waals surface area (Å²) in [6.45, 7) is 2.46. The second kappa shape index (κ2) is 7.87. The summed E-state index contributed by atoms with van der Waals surface area (Å²) < 4.78 is 3.90. The van der Waals surface area contributed by atoms with Crippen molar-refractivity contribution in [2.45, 2.75) is 39.2 Å². The number of halogens is 1. The molecule has 1 aromatic heterocycles. The van der Waals surface area contributed by atoms with Crippen molar-refractivity contribution in [3.8, 4) is 0 Å². The highest BCUT2D eigenvalue weighted by atomic mass is 127. The third-order valence-corrected chi connectivity index (χ3v) is 4.61. The van der Waals surface area contributed by atoms with Gasteiger partial charge in [0.2, 0.25) is 0 Å². The summed E-state index contributed by atoms with van der Waals surface area (Å²) in [5.74, 6) is 0.446. The molecule has 0 aliphatic heterocycles. The van der Waals surface area contributed by atoms with Gasteiger partial charge >= 0.3 is 0 Å². The van der Waals surface area contributed by atoms with Crippen LogP contribution in [0.5, 0.6) is 0 Å². The van der Waals surface area contributed by atoms with Crippen molar-refractivity contribution in [3.05, 3.63) is 39.9 Å². The molecule has 0 bridgehead atoms. The molecule has 5 nitrogen and oxygen atoms in total. The molecule has 0 saturated carbocycles. The number of anilines is 1. The number of aryl methyl sites for hydroxylation is 2. The quantitative estimate of drug-likeness (QED) is 0.446. The third kappa shape index (κ3) is 3.95. The van der Waals surface area contributed by atoms with Crippen molar-refractivity contribution in [2.24, 2.45) is 10.7 Å². The minimum atomic E-state index is 0. The predicted molar refractivity (Wildman–Crippen MR) is 102 cm³/mol. The highest BCUT2D eigenvalue weighted by molar-refractivity contribution is 14.0. The number of fused-ring (bicyclic) bond motifs is 1. The van der Waals surface area contributed by atoms with Gasteiger partial charge in [0.05, 0.1) is 17.1 Å². The van der Waals surface area contributed by atoms with Gasteiger partial charge in [-0.15, -0.1) is 29.1 Å². The Morgan fingerprint density at radius 1 is 1.36 bits per heavy atom. The first-order valence-electron chi connectivity index (χ1n) is 7.19. The first-order chi connectivity index (χ1) is 10.2. The highest BCUT2D eigenvalue weighted by Gasteiger charge is 2.13. The van der Waals surface area contributed by atoms with E-state index in [1.54, 1.807) is 0 Å². The van der Waals surface area contributed by atoms with Crippen molar-refractivity contribution in [1.29, 1.82) is 0 Å². The Labute approximate surface area is 151 Å². The maximum absolute atomic E-state index is 6.01. The van der Waals surface area contributed by atoms with E-state index < -0.39 is 0 Å². The lowest BCUT2D eigenvalue weighted by atomic mass is 9.90. The fourth-order valence-electron chi connectivity index (χ4n) is 2.63. The molecular weight excluding hydrogens is 409 g/mol. The first kappa shape index (κ1) is 17.1. The first-order valence-corrected chi connectivity index (χ1v) is 7.97. The maximum Gasteiger partial charge on any atom is 0.193 e. The van der Waals surface area contributed by atoms with E-state index in [0.29, 0.717) is 12.5 Å². The van der Waals surface area contributed by atoms with E-state index in [1.165, 1.54) is 35.5 Å². The smallest absolute Gasteiger partial charge is 0.193 e. The normalized spacial score (nSPS) is 14.1. The second-order valence-electron chi connectivity index (χ2n) is 5.26. The van der Waals surface area contributed by atoms with Crippen molar-refractivity contribution in [3.63, 3.8) is 0 Å². The van der Waals surface area contributed by atoms with Crippen LogP contribution in [0.3, 0.4) is 0 Å². The lowest BCUT2D eigenvalue weighted by Crippen LogP contribution is -2.24. The van der Waals surface area contributed by atoms with Gasteiger partial charge in [0.25, 0.3) is 0 Å². The largest absolute Gasteiger partial charge is 0.370 e. The van der Waals surface area contributed by atoms with Crippen molar-refractivity contribution in [2.75, 3.05) is 5.32 Å². The van der Waals surface area contributed by atoms with Gasteiger partial charge in [-0.1, -0.05) is 16.6 Å². The van der Waals surface area contributed by atoms with Gasteiger partial charge in [0.1, 0.15) is 0 Å². The van der Waals surface area contributed by atoms with E-state index in [9.17, 15) is 0 Å². The summed E-state index contributed by atoms with van der Waals surface area (Å²) in [5.41, 5.74) is 10.8. The number of benzene rings is 1. The molecule has 1 aromatic carbocycles. The number of hydrogen-bond donors (Lipinski definition) is 2. The average Bonchev–Trinajstić information content (AvgIpc) is 2.91. The van der Waals surface area contributed by atoms with Crippen molar-refractivity contribution >= 4 is 47.2 Å². The van der Waals surface area contributed by atoms with E-state index in [-0.39, 0.29) is 24.0 Å². The number of hydrogen-bond acceptors (Lipinski definition) is 4. The van der Waals surface area contributed by atoms with Crippen LogP contribution in [0.25, 0.3) is 0 Å². The predicted octanol–water partition coefficient (Wildman–Crippen LogP) is 3.27. The second-order valence-corrected chi connectivity index (χ2v) is 6.10. The molecule has 118 valence electrons. The minimum Gasteiger partial charge on any atom is -0.370 e. The molecule has 2 aromatic rings. The van der Waals surface area contributed by atoms with Crippen LogP contribution in [0, 0.1) is 6.92 Å². The van der Waals surface area contributed by atoms with E-state index in [0.717, 1.165) is 29.1 Å². The topological polar surface area (TPSA) is 76.2 Å². The van der Waals surface area contributed by atoms with E-state index >= 15 is 0 Å². The van der Waals surface area contributed by atoms with Gasteiger partial charge in [-0.3, -0.25) is 0 Å². The third-order valence-electron chi connectivity index (χ3n) is 3.80. The van der Waals surface area contributed by atoms with E-state index in [1.807, 2.05) is 6.92 Å². The van der Waals surface area contributed by atoms with Crippen LogP contribution in [-0.2, 0) is 19.4 Å². The fraction of sp³-hybridized carbons (Fsp3) is 0.400. The Kier molecular flexibility index (Phi) is 6.13. The van der Waals surface area contributed by atoms with E-state index in [4.69, 9.17) is 5.73 Å². The number of aromatic nitrogens is 2. The van der Waals surface area contributed by atoms with Gasteiger partial charge < -0.3 is 11.1 Å². The van der Waals surface area contributed by atoms with E-state index in [2.05, 4.69) is 38.1 Å². The Hall–Kier alpha value is -1.22. The molecule has 0 atom stereocenters. The Bertz CT molecular complexity index is 668. The van der Waals surface area contributed by atoms with Crippen LogP contribution >= 0.6 is 35.5 Å². The maximum atomic E-state index is 6.01. The highest BCUT2D eigenvalue weighted by Crippen LogP contribution is 2.27. The lowest BCUT2D eigenvalue weighted by Gasteiger charge is -2.19. The van der Waals surface area contributed by atoms with Crippen LogP contribution in [0.1, 0.15) is 34.5 Å². The molecule has 1 aliphatic carbocycles. The number of nitrogens with zero attached hydrogens (tertiary/aromatic N) is 3. The van der Waals surface area contributed by atoms with Gasteiger partial charge in [-0.2, -0.15) is 0 Å². The minimum absolute atomic E-state index is 0. The molecule has 3 N–H and O–H groups in total. The van der Waals surface area contributed by atoms with Gasteiger partial charge in [0.15, 0.2) is 5.96 Å². The van der Waals surface area contributed by atoms with Crippen LogP contribution in [0.4, 0.5) is 5.69 Å². The summed E-state index contributed by atoms with van der Waals surface area (Å²) in [6, 6.07) is 6.36. The molecule has 0 radical (unpaired) electrons. The van der Waals surface area contributed by atoms with Gasteiger partial charge in [-0.05, 0) is 61.3 Å². The fourth-order valence-corrected chi connectivity index (χ4v) is 3.19. The molecule has 1 heterocycles. The average molecular weight is 429 g/mol. The monoisotopic (exact) mass is 429 g/mol. The summed E-state index contributed by atoms with van der Waals surface area (Å²) >= 11 is 1.37. The molecular formula is C15H20IN5S. The van der Waals surface area contributed by atoms with Gasteiger partial charge in [0, 0.05) is 5.69 Å². The summed E-state index contributed by atoms with van der Waals surface area (Å²) in [5, 5.41) is 7.22. The molecule has 3 rings (SSSR count).